The Kier molecular flexibility index (Phi) is 4.80. The van der Waals surface area contributed by atoms with E-state index in [1.54, 1.807) is 13.8 Å². The SMILES string of the molecule is Cc1oc(-c2ccccc2)nc1CS(=O)(=O)CC(C)CO. The van der Waals surface area contributed by atoms with Crippen LogP contribution in [0.25, 0.3) is 11.5 Å². The molecule has 0 radical (unpaired) electrons. The van der Waals surface area contributed by atoms with Gasteiger partial charge in [-0.05, 0) is 25.0 Å². The molecule has 1 aromatic carbocycles. The maximum Gasteiger partial charge on any atom is 0.226 e. The number of aryl methyl sites for hydroxylation is 1. The Morgan fingerprint density at radius 3 is 2.57 bits per heavy atom. The maximum absolute atomic E-state index is 12.1. The van der Waals surface area contributed by atoms with Gasteiger partial charge in [0.25, 0.3) is 0 Å². The first kappa shape index (κ1) is 15.7. The number of hydrogen-bond acceptors (Lipinski definition) is 5. The summed E-state index contributed by atoms with van der Waals surface area (Å²) in [6.07, 6.45) is 0. The highest BCUT2D eigenvalue weighted by Gasteiger charge is 2.21. The topological polar surface area (TPSA) is 80.4 Å². The van der Waals surface area contributed by atoms with E-state index < -0.39 is 9.84 Å². The molecule has 0 saturated heterocycles. The lowest BCUT2D eigenvalue weighted by molar-refractivity contribution is 0.249. The Morgan fingerprint density at radius 2 is 1.95 bits per heavy atom. The number of aliphatic hydroxyl groups excluding tert-OH is 1. The fourth-order valence-corrected chi connectivity index (χ4v) is 3.79. The quantitative estimate of drug-likeness (QED) is 0.884. The van der Waals surface area contributed by atoms with Crippen molar-refractivity contribution in [2.45, 2.75) is 19.6 Å². The predicted molar refractivity (Wildman–Crippen MR) is 80.4 cm³/mol. The number of hydrogen-bond donors (Lipinski definition) is 1. The number of oxazole rings is 1. The first-order valence-corrected chi connectivity index (χ1v) is 8.56. The fourth-order valence-electron chi connectivity index (χ4n) is 2.02. The van der Waals surface area contributed by atoms with E-state index in [0.29, 0.717) is 17.3 Å². The average molecular weight is 309 g/mol. The zero-order valence-electron chi connectivity index (χ0n) is 12.1. The maximum atomic E-state index is 12.1. The minimum Gasteiger partial charge on any atom is -0.441 e. The largest absolute Gasteiger partial charge is 0.441 e. The molecule has 1 N–H and O–H groups in total. The van der Waals surface area contributed by atoms with E-state index >= 15 is 0 Å². The molecule has 2 rings (SSSR count). The number of aliphatic hydroxyl groups is 1. The van der Waals surface area contributed by atoms with Crippen LogP contribution >= 0.6 is 0 Å². The van der Waals surface area contributed by atoms with Crippen LogP contribution < -0.4 is 0 Å². The van der Waals surface area contributed by atoms with Crippen molar-refractivity contribution in [2.24, 2.45) is 5.92 Å². The van der Waals surface area contributed by atoms with Gasteiger partial charge in [0.15, 0.2) is 9.84 Å². The lowest BCUT2D eigenvalue weighted by Gasteiger charge is -2.07. The summed E-state index contributed by atoms with van der Waals surface area (Å²) in [4.78, 5) is 4.29. The third kappa shape index (κ3) is 4.15. The Balaban J connectivity index is 2.21. The minimum absolute atomic E-state index is 0.0591. The van der Waals surface area contributed by atoms with Crippen molar-refractivity contribution in [3.8, 4) is 11.5 Å². The van der Waals surface area contributed by atoms with E-state index in [-0.39, 0.29) is 24.0 Å². The summed E-state index contributed by atoms with van der Waals surface area (Å²) in [6, 6.07) is 9.35. The lowest BCUT2D eigenvalue weighted by atomic mass is 10.2. The molecule has 1 heterocycles. The molecular formula is C15H19NO4S. The molecule has 1 atom stereocenters. The molecule has 0 bridgehead atoms. The number of sulfone groups is 1. The van der Waals surface area contributed by atoms with Gasteiger partial charge in [-0.1, -0.05) is 25.1 Å². The number of nitrogens with zero attached hydrogens (tertiary/aromatic N) is 1. The highest BCUT2D eigenvalue weighted by Crippen LogP contribution is 2.23. The molecule has 1 unspecified atom stereocenters. The van der Waals surface area contributed by atoms with Crippen LogP contribution in [0.5, 0.6) is 0 Å². The average Bonchev–Trinajstić information content (AvgIpc) is 2.80. The van der Waals surface area contributed by atoms with Gasteiger partial charge in [-0.3, -0.25) is 0 Å². The van der Waals surface area contributed by atoms with Gasteiger partial charge in [0, 0.05) is 12.2 Å². The zero-order valence-corrected chi connectivity index (χ0v) is 12.9. The molecule has 0 fully saturated rings. The van der Waals surface area contributed by atoms with E-state index in [0.717, 1.165) is 5.56 Å². The van der Waals surface area contributed by atoms with Crippen LogP contribution in [0.2, 0.25) is 0 Å². The molecule has 5 nitrogen and oxygen atoms in total. The molecule has 0 aliphatic heterocycles. The van der Waals surface area contributed by atoms with E-state index in [1.807, 2.05) is 30.3 Å². The second kappa shape index (κ2) is 6.41. The Hall–Kier alpha value is -1.66. The molecule has 0 saturated carbocycles. The number of aromatic nitrogens is 1. The van der Waals surface area contributed by atoms with Crippen LogP contribution in [-0.4, -0.2) is 30.9 Å². The van der Waals surface area contributed by atoms with E-state index in [9.17, 15) is 8.42 Å². The van der Waals surface area contributed by atoms with Gasteiger partial charge in [-0.15, -0.1) is 0 Å². The Bertz CT molecular complexity index is 692. The Morgan fingerprint density at radius 1 is 1.29 bits per heavy atom. The van der Waals surface area contributed by atoms with Crippen LogP contribution in [0, 0.1) is 12.8 Å². The molecular weight excluding hydrogens is 290 g/mol. The first-order valence-electron chi connectivity index (χ1n) is 6.74. The molecule has 21 heavy (non-hydrogen) atoms. The van der Waals surface area contributed by atoms with Crippen molar-refractivity contribution in [3.63, 3.8) is 0 Å². The van der Waals surface area contributed by atoms with Crippen molar-refractivity contribution < 1.29 is 17.9 Å². The molecule has 0 amide bonds. The summed E-state index contributed by atoms with van der Waals surface area (Å²) in [5, 5.41) is 8.97. The van der Waals surface area contributed by atoms with Crippen LogP contribution in [-0.2, 0) is 15.6 Å². The highest BCUT2D eigenvalue weighted by atomic mass is 32.2. The summed E-state index contributed by atoms with van der Waals surface area (Å²) < 4.78 is 29.7. The summed E-state index contributed by atoms with van der Waals surface area (Å²) in [5.74, 6) is 0.425. The van der Waals surface area contributed by atoms with Crippen LogP contribution in [0.15, 0.2) is 34.7 Å². The Labute approximate surface area is 124 Å². The van der Waals surface area contributed by atoms with Gasteiger partial charge in [-0.2, -0.15) is 0 Å². The van der Waals surface area contributed by atoms with Gasteiger partial charge >= 0.3 is 0 Å². The normalized spacial score (nSPS) is 13.3. The molecule has 0 aliphatic rings. The summed E-state index contributed by atoms with van der Waals surface area (Å²) in [5.41, 5.74) is 1.24. The van der Waals surface area contributed by atoms with Gasteiger partial charge in [0.2, 0.25) is 5.89 Å². The van der Waals surface area contributed by atoms with Crippen molar-refractivity contribution in [2.75, 3.05) is 12.4 Å². The molecule has 6 heteroatoms. The lowest BCUT2D eigenvalue weighted by Crippen LogP contribution is -2.18. The van der Waals surface area contributed by atoms with Gasteiger partial charge < -0.3 is 9.52 Å². The summed E-state index contributed by atoms with van der Waals surface area (Å²) >= 11 is 0. The summed E-state index contributed by atoms with van der Waals surface area (Å²) in [6.45, 7) is 3.26. The van der Waals surface area contributed by atoms with Gasteiger partial charge in [0.1, 0.15) is 5.76 Å². The summed E-state index contributed by atoms with van der Waals surface area (Å²) in [7, 11) is -3.32. The molecule has 1 aromatic heterocycles. The van der Waals surface area contributed by atoms with E-state index in [4.69, 9.17) is 9.52 Å². The second-order valence-electron chi connectivity index (χ2n) is 5.23. The van der Waals surface area contributed by atoms with Crippen molar-refractivity contribution >= 4 is 9.84 Å². The van der Waals surface area contributed by atoms with E-state index in [2.05, 4.69) is 4.98 Å². The smallest absolute Gasteiger partial charge is 0.226 e. The number of benzene rings is 1. The van der Waals surface area contributed by atoms with Gasteiger partial charge in [0.05, 0.1) is 17.2 Å². The zero-order chi connectivity index (χ0) is 15.5. The monoisotopic (exact) mass is 309 g/mol. The first-order chi connectivity index (χ1) is 9.91. The van der Waals surface area contributed by atoms with Crippen LogP contribution in [0.4, 0.5) is 0 Å². The van der Waals surface area contributed by atoms with Crippen molar-refractivity contribution in [3.05, 3.63) is 41.8 Å². The minimum atomic E-state index is -3.32. The molecule has 114 valence electrons. The predicted octanol–water partition coefficient (Wildman–Crippen LogP) is 2.19. The number of rotatable bonds is 6. The van der Waals surface area contributed by atoms with Crippen LogP contribution in [0.3, 0.4) is 0 Å². The van der Waals surface area contributed by atoms with Crippen LogP contribution in [0.1, 0.15) is 18.4 Å². The van der Waals surface area contributed by atoms with Gasteiger partial charge in [-0.25, -0.2) is 13.4 Å². The molecule has 0 spiro atoms. The second-order valence-corrected chi connectivity index (χ2v) is 7.34. The molecule has 0 aliphatic carbocycles. The highest BCUT2D eigenvalue weighted by molar-refractivity contribution is 7.90. The van der Waals surface area contributed by atoms with Crippen molar-refractivity contribution in [1.29, 1.82) is 0 Å². The van der Waals surface area contributed by atoms with E-state index in [1.165, 1.54) is 0 Å². The third-order valence-corrected chi connectivity index (χ3v) is 4.91. The van der Waals surface area contributed by atoms with Crippen molar-refractivity contribution in [1.82, 2.24) is 4.98 Å². The molecule has 2 aromatic rings. The third-order valence-electron chi connectivity index (χ3n) is 3.12. The standard InChI is InChI=1S/C15H19NO4S/c1-11(8-17)9-21(18,19)10-14-12(2)20-15(16-14)13-6-4-3-5-7-13/h3-7,11,17H,8-10H2,1-2H3. The fraction of sp³-hybridized carbons (Fsp3) is 0.400.